The zero-order chi connectivity index (χ0) is 15.7. The number of nitrogens with two attached hydrogens (primary N) is 1. The highest BCUT2D eigenvalue weighted by atomic mass is 16.3. The number of hydrogen-bond acceptors (Lipinski definition) is 3. The summed E-state index contributed by atoms with van der Waals surface area (Å²) < 4.78 is 0. The largest absolute Gasteiger partial charge is 0.378 e. The van der Waals surface area contributed by atoms with Crippen molar-refractivity contribution in [3.8, 4) is 0 Å². The Kier molecular flexibility index (Phi) is 3.91. The molecule has 1 saturated heterocycles. The molecule has 1 aliphatic heterocycles. The lowest BCUT2D eigenvalue weighted by Gasteiger charge is -2.37. The molecular formula is C17H22N2O3. The molecule has 1 aromatic carbocycles. The molecule has 1 heterocycles. The van der Waals surface area contributed by atoms with E-state index in [9.17, 15) is 14.7 Å². The molecule has 1 atom stereocenters. The number of carbonyl (C=O) groups excluding carboxylic acids is 2. The van der Waals surface area contributed by atoms with Crippen molar-refractivity contribution < 1.29 is 14.7 Å². The smallest absolute Gasteiger partial charge is 0.251 e. The van der Waals surface area contributed by atoms with Crippen LogP contribution in [0.1, 0.15) is 36.0 Å². The molecule has 0 saturated carbocycles. The van der Waals surface area contributed by atoms with Gasteiger partial charge in [0.1, 0.15) is 0 Å². The van der Waals surface area contributed by atoms with Crippen LogP contribution < -0.4 is 5.73 Å². The molecule has 3 rings (SSSR count). The summed E-state index contributed by atoms with van der Waals surface area (Å²) in [6, 6.07) is 6.23. The molecule has 1 aliphatic carbocycles. The predicted octanol–water partition coefficient (Wildman–Crippen LogP) is 0.557. The third-order valence-corrected chi connectivity index (χ3v) is 4.80. The minimum absolute atomic E-state index is 0.00606. The molecule has 5 heteroatoms. The first-order valence-electron chi connectivity index (χ1n) is 7.89. The van der Waals surface area contributed by atoms with E-state index in [-0.39, 0.29) is 12.5 Å². The van der Waals surface area contributed by atoms with E-state index in [4.69, 9.17) is 5.73 Å². The van der Waals surface area contributed by atoms with Gasteiger partial charge in [-0.2, -0.15) is 0 Å². The Morgan fingerprint density at radius 1 is 1.23 bits per heavy atom. The number of primary amides is 1. The van der Waals surface area contributed by atoms with Gasteiger partial charge in [-0.05, 0) is 48.8 Å². The van der Waals surface area contributed by atoms with Gasteiger partial charge in [-0.3, -0.25) is 9.59 Å². The number of nitrogens with zero attached hydrogens (tertiary/aromatic N) is 1. The lowest BCUT2D eigenvalue weighted by Crippen LogP contribution is -2.57. The van der Waals surface area contributed by atoms with E-state index in [1.54, 1.807) is 4.90 Å². The third kappa shape index (κ3) is 2.86. The number of rotatable bonds is 3. The van der Waals surface area contributed by atoms with E-state index >= 15 is 0 Å². The summed E-state index contributed by atoms with van der Waals surface area (Å²) in [7, 11) is 0. The maximum atomic E-state index is 12.4. The fraction of sp³-hybridized carbons (Fsp3) is 0.529. The zero-order valence-electron chi connectivity index (χ0n) is 12.7. The van der Waals surface area contributed by atoms with Crippen molar-refractivity contribution in [3.05, 3.63) is 34.9 Å². The van der Waals surface area contributed by atoms with Gasteiger partial charge in [0.05, 0.1) is 13.0 Å². The first-order chi connectivity index (χ1) is 10.5. The zero-order valence-corrected chi connectivity index (χ0v) is 12.7. The highest BCUT2D eigenvalue weighted by Crippen LogP contribution is 2.24. The van der Waals surface area contributed by atoms with E-state index < -0.39 is 11.5 Å². The molecule has 2 aliphatic rings. The van der Waals surface area contributed by atoms with Crippen LogP contribution in [0, 0.1) is 0 Å². The molecule has 22 heavy (non-hydrogen) atoms. The Bertz CT molecular complexity index is 614. The Morgan fingerprint density at radius 2 is 2.00 bits per heavy atom. The molecule has 0 unspecified atom stereocenters. The summed E-state index contributed by atoms with van der Waals surface area (Å²) >= 11 is 0. The van der Waals surface area contributed by atoms with Crippen molar-refractivity contribution in [2.45, 2.75) is 44.1 Å². The maximum Gasteiger partial charge on any atom is 0.251 e. The minimum atomic E-state index is -1.58. The second kappa shape index (κ2) is 5.72. The van der Waals surface area contributed by atoms with Gasteiger partial charge >= 0.3 is 0 Å². The lowest BCUT2D eigenvalue weighted by molar-refractivity contribution is -0.148. The second-order valence-electron chi connectivity index (χ2n) is 6.45. The first kappa shape index (κ1) is 15.0. The Balaban J connectivity index is 1.68. The highest BCUT2D eigenvalue weighted by molar-refractivity contribution is 5.85. The number of fused-ring (bicyclic) bond motifs is 1. The number of aliphatic hydroxyl groups is 1. The number of likely N-dealkylation sites (tertiary alicyclic amines) is 1. The van der Waals surface area contributed by atoms with Gasteiger partial charge in [0.2, 0.25) is 5.91 Å². The van der Waals surface area contributed by atoms with Crippen molar-refractivity contribution in [3.63, 3.8) is 0 Å². The van der Waals surface area contributed by atoms with Gasteiger partial charge in [-0.1, -0.05) is 18.2 Å². The van der Waals surface area contributed by atoms with Crippen LogP contribution in [0.3, 0.4) is 0 Å². The van der Waals surface area contributed by atoms with E-state index in [0.717, 1.165) is 18.4 Å². The van der Waals surface area contributed by atoms with Crippen LogP contribution in [0.25, 0.3) is 0 Å². The van der Waals surface area contributed by atoms with Gasteiger partial charge in [-0.15, -0.1) is 0 Å². The molecule has 118 valence electrons. The molecule has 0 aromatic heterocycles. The molecule has 2 amide bonds. The number of benzene rings is 1. The topological polar surface area (TPSA) is 83.6 Å². The maximum absolute atomic E-state index is 12.4. The predicted molar refractivity (Wildman–Crippen MR) is 82.1 cm³/mol. The van der Waals surface area contributed by atoms with Crippen LogP contribution in [0.5, 0.6) is 0 Å². The molecular weight excluding hydrogens is 280 g/mol. The van der Waals surface area contributed by atoms with E-state index in [1.807, 2.05) is 6.07 Å². The van der Waals surface area contributed by atoms with Crippen LogP contribution in [-0.4, -0.2) is 40.5 Å². The molecule has 3 N–H and O–H groups in total. The average molecular weight is 302 g/mol. The molecule has 1 fully saturated rings. The molecule has 5 nitrogen and oxygen atoms in total. The average Bonchev–Trinajstić information content (AvgIpc) is 2.94. The lowest BCUT2D eigenvalue weighted by atomic mass is 9.91. The second-order valence-corrected chi connectivity index (χ2v) is 6.45. The number of piperidine rings is 1. The standard InChI is InChI=1S/C17H22N2O3/c18-16(21)17(22)7-2-8-19(11-17)15(20)10-12-5-6-13-3-1-4-14(13)9-12/h5-6,9,22H,1-4,7-8,10-11H2,(H2,18,21)/t17-/m0/s1. The normalized spacial score (nSPS) is 24.1. The summed E-state index contributed by atoms with van der Waals surface area (Å²) in [6.07, 6.45) is 4.62. The van der Waals surface area contributed by atoms with Gasteiger partial charge in [-0.25, -0.2) is 0 Å². The monoisotopic (exact) mass is 302 g/mol. The summed E-state index contributed by atoms with van der Waals surface area (Å²) in [5, 5.41) is 10.2. The van der Waals surface area contributed by atoms with Crippen molar-refractivity contribution in [2.24, 2.45) is 5.73 Å². The minimum Gasteiger partial charge on any atom is -0.378 e. The quantitative estimate of drug-likeness (QED) is 0.855. The van der Waals surface area contributed by atoms with E-state index in [2.05, 4.69) is 12.1 Å². The summed E-state index contributed by atoms with van der Waals surface area (Å²) in [4.78, 5) is 25.4. The number of β-amino-alcohol motifs (C(OH)–C–C–N with tert-alkyl or cyclic N) is 1. The number of carbonyl (C=O) groups is 2. The summed E-state index contributed by atoms with van der Waals surface area (Å²) in [5.41, 5.74) is 7.40. The number of aryl methyl sites for hydroxylation is 2. The molecule has 0 spiro atoms. The van der Waals surface area contributed by atoms with Gasteiger partial charge in [0, 0.05) is 6.54 Å². The first-order valence-corrected chi connectivity index (χ1v) is 7.89. The van der Waals surface area contributed by atoms with Crippen LogP contribution in [0.4, 0.5) is 0 Å². The molecule has 0 radical (unpaired) electrons. The summed E-state index contributed by atoms with van der Waals surface area (Å²) in [6.45, 7) is 0.575. The van der Waals surface area contributed by atoms with Crippen LogP contribution in [-0.2, 0) is 28.9 Å². The Labute approximate surface area is 130 Å². The van der Waals surface area contributed by atoms with Crippen molar-refractivity contribution >= 4 is 11.8 Å². The fourth-order valence-electron chi connectivity index (χ4n) is 3.47. The highest BCUT2D eigenvalue weighted by Gasteiger charge is 2.40. The van der Waals surface area contributed by atoms with Gasteiger partial charge in [0.25, 0.3) is 5.91 Å². The molecule has 1 aromatic rings. The fourth-order valence-corrected chi connectivity index (χ4v) is 3.47. The van der Waals surface area contributed by atoms with Crippen LogP contribution in [0.2, 0.25) is 0 Å². The van der Waals surface area contributed by atoms with Crippen molar-refractivity contribution in [1.82, 2.24) is 4.90 Å². The SMILES string of the molecule is NC(=O)[C@]1(O)CCCN(C(=O)Cc2ccc3c(c2)CCC3)C1. The van der Waals surface area contributed by atoms with Gasteiger partial charge in [0.15, 0.2) is 5.60 Å². The van der Waals surface area contributed by atoms with Crippen molar-refractivity contribution in [2.75, 3.05) is 13.1 Å². The van der Waals surface area contributed by atoms with E-state index in [0.29, 0.717) is 25.8 Å². The molecule has 0 bridgehead atoms. The van der Waals surface area contributed by atoms with Crippen molar-refractivity contribution in [1.29, 1.82) is 0 Å². The number of hydrogen-bond donors (Lipinski definition) is 2. The van der Waals surface area contributed by atoms with Crippen LogP contribution >= 0.6 is 0 Å². The number of amides is 2. The van der Waals surface area contributed by atoms with E-state index in [1.165, 1.54) is 17.5 Å². The summed E-state index contributed by atoms with van der Waals surface area (Å²) in [5.74, 6) is -0.806. The van der Waals surface area contributed by atoms with Crippen LogP contribution in [0.15, 0.2) is 18.2 Å². The third-order valence-electron chi connectivity index (χ3n) is 4.80. The van der Waals surface area contributed by atoms with Gasteiger partial charge < -0.3 is 15.7 Å². The Hall–Kier alpha value is -1.88. The Morgan fingerprint density at radius 3 is 2.77 bits per heavy atom.